The van der Waals surface area contributed by atoms with Crippen LogP contribution in [0, 0.1) is 10.1 Å². The van der Waals surface area contributed by atoms with Crippen LogP contribution >= 0.6 is 15.9 Å². The zero-order chi connectivity index (χ0) is 17.0. The molecule has 0 saturated heterocycles. The lowest BCUT2D eigenvalue weighted by molar-refractivity contribution is -0.385. The number of hydrazone groups is 1. The minimum Gasteiger partial charge on any atom is -0.502 e. The summed E-state index contributed by atoms with van der Waals surface area (Å²) in [7, 11) is 0. The Morgan fingerprint density at radius 2 is 1.91 bits per heavy atom. The number of hydrogen-bond acceptors (Lipinski definition) is 5. The summed E-state index contributed by atoms with van der Waals surface area (Å²) in [4.78, 5) is 22.1. The number of rotatable bonds is 4. The van der Waals surface area contributed by atoms with Crippen LogP contribution in [-0.4, -0.2) is 21.6 Å². The zero-order valence-corrected chi connectivity index (χ0v) is 13.6. The predicted molar refractivity (Wildman–Crippen MR) is 88.6 cm³/mol. The maximum atomic E-state index is 11.9. The topological polar surface area (TPSA) is 105 Å². The molecule has 1 amide bonds. The second-order valence-corrected chi connectivity index (χ2v) is 5.49. The molecule has 0 radical (unpaired) electrons. The van der Waals surface area contributed by atoms with Crippen LogP contribution in [0.25, 0.3) is 0 Å². The van der Waals surface area contributed by atoms with Gasteiger partial charge in [-0.2, -0.15) is 5.10 Å². The fraction of sp³-hybridized carbons (Fsp3) is 0.0667. The molecule has 0 aliphatic rings. The molecule has 0 spiro atoms. The first-order valence-electron chi connectivity index (χ1n) is 6.47. The Morgan fingerprint density at radius 3 is 2.52 bits per heavy atom. The molecule has 2 N–H and O–H groups in total. The van der Waals surface area contributed by atoms with Gasteiger partial charge in [0.2, 0.25) is 5.75 Å². The summed E-state index contributed by atoms with van der Waals surface area (Å²) >= 11 is 3.27. The van der Waals surface area contributed by atoms with Gasteiger partial charge in [0.1, 0.15) is 0 Å². The van der Waals surface area contributed by atoms with E-state index in [0.717, 1.165) is 4.47 Å². The van der Waals surface area contributed by atoms with Crippen molar-refractivity contribution in [2.45, 2.75) is 6.92 Å². The number of amides is 1. The van der Waals surface area contributed by atoms with Crippen LogP contribution in [0.15, 0.2) is 52.0 Å². The number of hydrogen-bond donors (Lipinski definition) is 2. The fourth-order valence-corrected chi connectivity index (χ4v) is 2.10. The number of para-hydroxylation sites is 1. The first kappa shape index (κ1) is 16.6. The number of carbonyl (C=O) groups excluding carboxylic acids is 1. The molecule has 23 heavy (non-hydrogen) atoms. The number of phenolic OH excluding ortho intramolecular Hbond substituents is 1. The van der Waals surface area contributed by atoms with Crippen molar-refractivity contribution in [3.63, 3.8) is 0 Å². The molecule has 0 unspecified atom stereocenters. The number of nitrogens with one attached hydrogen (secondary N) is 1. The Kier molecular flexibility index (Phi) is 5.07. The lowest BCUT2D eigenvalue weighted by Gasteiger charge is -2.05. The Hall–Kier alpha value is -2.74. The maximum Gasteiger partial charge on any atom is 0.311 e. The summed E-state index contributed by atoms with van der Waals surface area (Å²) in [6.07, 6.45) is 0. The van der Waals surface area contributed by atoms with Gasteiger partial charge in [0.15, 0.2) is 0 Å². The summed E-state index contributed by atoms with van der Waals surface area (Å²) in [5, 5.41) is 24.6. The van der Waals surface area contributed by atoms with Crippen molar-refractivity contribution in [1.82, 2.24) is 5.43 Å². The molecule has 2 aromatic carbocycles. The number of nitrogens with zero attached hydrogens (tertiary/aromatic N) is 2. The quantitative estimate of drug-likeness (QED) is 0.484. The SMILES string of the molecule is CC(=NNC(=O)c1ccc(Br)cc1)c1cccc([N+](=O)[O-])c1O. The number of benzene rings is 2. The van der Waals surface area contributed by atoms with E-state index in [1.54, 1.807) is 24.3 Å². The molecule has 0 aliphatic carbocycles. The van der Waals surface area contributed by atoms with E-state index in [1.807, 2.05) is 0 Å². The van der Waals surface area contributed by atoms with E-state index in [9.17, 15) is 20.0 Å². The standard InChI is InChI=1S/C15H12BrN3O4/c1-9(12-3-2-4-13(14(12)20)19(22)23)17-18-15(21)10-5-7-11(16)8-6-10/h2-8,20H,1H3,(H,18,21). The summed E-state index contributed by atoms with van der Waals surface area (Å²) in [5.74, 6) is -0.918. The lowest BCUT2D eigenvalue weighted by atomic mass is 10.1. The predicted octanol–water partition coefficient (Wildman–Crippen LogP) is 3.22. The third kappa shape index (κ3) is 3.92. The van der Waals surface area contributed by atoms with Crippen LogP contribution in [0.5, 0.6) is 5.75 Å². The largest absolute Gasteiger partial charge is 0.502 e. The average Bonchev–Trinajstić information content (AvgIpc) is 2.53. The molecule has 0 heterocycles. The van der Waals surface area contributed by atoms with E-state index in [-0.39, 0.29) is 11.3 Å². The highest BCUT2D eigenvalue weighted by atomic mass is 79.9. The van der Waals surface area contributed by atoms with Crippen molar-refractivity contribution in [1.29, 1.82) is 0 Å². The summed E-state index contributed by atoms with van der Waals surface area (Å²) in [6, 6.07) is 10.8. The molecule has 0 bridgehead atoms. The molecule has 2 rings (SSSR count). The van der Waals surface area contributed by atoms with Gasteiger partial charge < -0.3 is 5.11 Å². The highest BCUT2D eigenvalue weighted by Crippen LogP contribution is 2.29. The molecule has 0 aromatic heterocycles. The van der Waals surface area contributed by atoms with Gasteiger partial charge in [-0.15, -0.1) is 0 Å². The molecule has 2 aromatic rings. The average molecular weight is 378 g/mol. The van der Waals surface area contributed by atoms with Gasteiger partial charge in [-0.1, -0.05) is 22.0 Å². The molecular formula is C15H12BrN3O4. The highest BCUT2D eigenvalue weighted by Gasteiger charge is 2.18. The molecule has 0 fully saturated rings. The van der Waals surface area contributed by atoms with E-state index in [1.165, 1.54) is 25.1 Å². The van der Waals surface area contributed by atoms with Gasteiger partial charge in [-0.05, 0) is 37.3 Å². The van der Waals surface area contributed by atoms with Crippen LogP contribution in [-0.2, 0) is 0 Å². The fourth-order valence-electron chi connectivity index (χ4n) is 1.83. The first-order chi connectivity index (χ1) is 10.9. The van der Waals surface area contributed by atoms with Gasteiger partial charge in [-0.25, -0.2) is 5.43 Å². The minimum absolute atomic E-state index is 0.176. The Morgan fingerprint density at radius 1 is 1.26 bits per heavy atom. The molecule has 8 heteroatoms. The summed E-state index contributed by atoms with van der Waals surface area (Å²) < 4.78 is 0.843. The van der Waals surface area contributed by atoms with Gasteiger partial charge in [-0.3, -0.25) is 14.9 Å². The summed E-state index contributed by atoms with van der Waals surface area (Å²) in [5.41, 5.74) is 2.76. The van der Waals surface area contributed by atoms with Crippen LogP contribution in [0.3, 0.4) is 0 Å². The number of halogens is 1. The third-order valence-corrected chi connectivity index (χ3v) is 3.56. The maximum absolute atomic E-state index is 11.9. The van der Waals surface area contributed by atoms with Crippen molar-refractivity contribution in [3.8, 4) is 5.75 Å². The summed E-state index contributed by atoms with van der Waals surface area (Å²) in [6.45, 7) is 1.53. The normalized spacial score (nSPS) is 11.1. The smallest absolute Gasteiger partial charge is 0.311 e. The lowest BCUT2D eigenvalue weighted by Crippen LogP contribution is -2.19. The second kappa shape index (κ2) is 7.01. The Bertz CT molecular complexity index is 788. The second-order valence-electron chi connectivity index (χ2n) is 4.58. The number of nitro groups is 1. The van der Waals surface area contributed by atoms with Crippen LogP contribution in [0.2, 0.25) is 0 Å². The number of nitro benzene ring substituents is 1. The first-order valence-corrected chi connectivity index (χ1v) is 7.26. The van der Waals surface area contributed by atoms with Crippen molar-refractivity contribution >= 4 is 33.2 Å². The van der Waals surface area contributed by atoms with Crippen molar-refractivity contribution < 1.29 is 14.8 Å². The minimum atomic E-state index is -0.688. The van der Waals surface area contributed by atoms with Crippen molar-refractivity contribution in [3.05, 3.63) is 68.2 Å². The number of phenols is 1. The monoisotopic (exact) mass is 377 g/mol. The van der Waals surface area contributed by atoms with E-state index >= 15 is 0 Å². The Labute approximate surface area is 139 Å². The van der Waals surface area contributed by atoms with Gasteiger partial charge in [0.25, 0.3) is 5.91 Å². The van der Waals surface area contributed by atoms with Crippen molar-refractivity contribution in [2.24, 2.45) is 5.10 Å². The van der Waals surface area contributed by atoms with Gasteiger partial charge in [0, 0.05) is 21.7 Å². The molecule has 7 nitrogen and oxygen atoms in total. The Balaban J connectivity index is 2.20. The van der Waals surface area contributed by atoms with E-state index in [2.05, 4.69) is 26.5 Å². The van der Waals surface area contributed by atoms with Crippen LogP contribution < -0.4 is 5.43 Å². The van der Waals surface area contributed by atoms with E-state index in [0.29, 0.717) is 5.56 Å². The molecular weight excluding hydrogens is 366 g/mol. The highest BCUT2D eigenvalue weighted by molar-refractivity contribution is 9.10. The molecule has 0 saturated carbocycles. The number of aromatic hydroxyl groups is 1. The van der Waals surface area contributed by atoms with Gasteiger partial charge in [0.05, 0.1) is 10.6 Å². The molecule has 0 atom stereocenters. The van der Waals surface area contributed by atoms with Crippen LogP contribution in [0.4, 0.5) is 5.69 Å². The third-order valence-electron chi connectivity index (χ3n) is 3.03. The van der Waals surface area contributed by atoms with Crippen LogP contribution in [0.1, 0.15) is 22.8 Å². The zero-order valence-electron chi connectivity index (χ0n) is 12.0. The molecule has 118 valence electrons. The van der Waals surface area contributed by atoms with E-state index in [4.69, 9.17) is 0 Å². The molecule has 0 aliphatic heterocycles. The van der Waals surface area contributed by atoms with E-state index < -0.39 is 22.3 Å². The van der Waals surface area contributed by atoms with Crippen molar-refractivity contribution in [2.75, 3.05) is 0 Å². The van der Waals surface area contributed by atoms with Gasteiger partial charge >= 0.3 is 5.69 Å². The number of carbonyl (C=O) groups is 1.